The molecule has 6 rings (SSSR count). The number of benzene rings is 1. The van der Waals surface area contributed by atoms with E-state index in [4.69, 9.17) is 4.98 Å². The number of aromatic hydroxyl groups is 2. The van der Waals surface area contributed by atoms with Gasteiger partial charge in [-0.05, 0) is 68.4 Å². The Labute approximate surface area is 151 Å². The summed E-state index contributed by atoms with van der Waals surface area (Å²) in [6, 6.07) is 4.52. The van der Waals surface area contributed by atoms with Crippen molar-refractivity contribution in [2.24, 2.45) is 22.7 Å². The van der Waals surface area contributed by atoms with Crippen molar-refractivity contribution in [3.63, 3.8) is 0 Å². The summed E-state index contributed by atoms with van der Waals surface area (Å²) in [4.78, 5) is 9.31. The zero-order valence-electron chi connectivity index (χ0n) is 14.1. The standard InChI is InChI=1S/C20H22N2O2S/c23-16-2-1-15(17(24)6-16)10-21-19-22-18(11-25-19)20-7-12-3-13(8-20)5-14(4-12)9-20/h1-2,6,10-14,23-24H,3-5,7-9H2/b21-10+. The van der Waals surface area contributed by atoms with Gasteiger partial charge in [0.1, 0.15) is 11.5 Å². The van der Waals surface area contributed by atoms with E-state index in [2.05, 4.69) is 10.4 Å². The number of aromatic nitrogens is 1. The SMILES string of the molecule is Oc1ccc(/C=N/c2nc(C34CC5CC(CC(C5)C3)C4)cs2)c(O)c1. The molecule has 0 spiro atoms. The van der Waals surface area contributed by atoms with Gasteiger partial charge < -0.3 is 10.2 Å². The lowest BCUT2D eigenvalue weighted by Crippen LogP contribution is -2.48. The molecule has 0 radical (unpaired) electrons. The Hall–Kier alpha value is -1.88. The molecule has 2 N–H and O–H groups in total. The molecule has 0 saturated heterocycles. The van der Waals surface area contributed by atoms with E-state index in [1.54, 1.807) is 29.7 Å². The molecular formula is C20H22N2O2S. The van der Waals surface area contributed by atoms with Gasteiger partial charge in [0.15, 0.2) is 0 Å². The fourth-order valence-corrected chi connectivity index (χ4v) is 6.54. The van der Waals surface area contributed by atoms with Crippen LogP contribution in [-0.2, 0) is 5.41 Å². The molecule has 4 aliphatic carbocycles. The molecule has 1 heterocycles. The van der Waals surface area contributed by atoms with Crippen LogP contribution < -0.4 is 0 Å². The summed E-state index contributed by atoms with van der Waals surface area (Å²) >= 11 is 1.59. The van der Waals surface area contributed by atoms with E-state index in [1.165, 1.54) is 50.3 Å². The zero-order chi connectivity index (χ0) is 17.0. The molecular weight excluding hydrogens is 332 g/mol. The van der Waals surface area contributed by atoms with E-state index in [1.807, 2.05) is 0 Å². The lowest BCUT2D eigenvalue weighted by Gasteiger charge is -2.56. The molecule has 25 heavy (non-hydrogen) atoms. The van der Waals surface area contributed by atoms with Crippen molar-refractivity contribution in [3.05, 3.63) is 34.8 Å². The Kier molecular flexibility index (Phi) is 3.42. The van der Waals surface area contributed by atoms with E-state index in [9.17, 15) is 10.2 Å². The van der Waals surface area contributed by atoms with Crippen LogP contribution in [0.2, 0.25) is 0 Å². The molecule has 130 valence electrons. The molecule has 2 aromatic rings. The molecule has 0 unspecified atom stereocenters. The van der Waals surface area contributed by atoms with E-state index < -0.39 is 0 Å². The van der Waals surface area contributed by atoms with Gasteiger partial charge in [0, 0.05) is 28.6 Å². The molecule has 1 aromatic carbocycles. The fourth-order valence-electron chi connectivity index (χ4n) is 5.76. The first-order valence-electron chi connectivity index (χ1n) is 9.12. The lowest BCUT2D eigenvalue weighted by molar-refractivity contribution is -0.00689. The van der Waals surface area contributed by atoms with E-state index >= 15 is 0 Å². The first-order chi connectivity index (χ1) is 12.1. The summed E-state index contributed by atoms with van der Waals surface area (Å²) in [5, 5.41) is 22.2. The zero-order valence-corrected chi connectivity index (χ0v) is 14.9. The second-order valence-electron chi connectivity index (χ2n) is 8.21. The van der Waals surface area contributed by atoms with Crippen LogP contribution >= 0.6 is 11.3 Å². The highest BCUT2D eigenvalue weighted by Crippen LogP contribution is 2.60. The van der Waals surface area contributed by atoms with Gasteiger partial charge in [-0.1, -0.05) is 0 Å². The van der Waals surface area contributed by atoms with Crippen LogP contribution in [0.1, 0.15) is 49.8 Å². The molecule has 1 aromatic heterocycles. The van der Waals surface area contributed by atoms with Crippen LogP contribution in [0.5, 0.6) is 11.5 Å². The first-order valence-corrected chi connectivity index (χ1v) is 10.00. The van der Waals surface area contributed by atoms with Gasteiger partial charge in [-0.15, -0.1) is 11.3 Å². The molecule has 0 aliphatic heterocycles. The summed E-state index contributed by atoms with van der Waals surface area (Å²) in [5.74, 6) is 2.81. The predicted octanol–water partition coefficient (Wildman–Crippen LogP) is 4.77. The lowest BCUT2D eigenvalue weighted by atomic mass is 9.49. The molecule has 5 heteroatoms. The summed E-state index contributed by atoms with van der Waals surface area (Å²) in [7, 11) is 0. The Balaban J connectivity index is 1.40. The van der Waals surface area contributed by atoms with Crippen molar-refractivity contribution in [2.75, 3.05) is 0 Å². The minimum absolute atomic E-state index is 0.0293. The highest BCUT2D eigenvalue weighted by atomic mass is 32.1. The maximum atomic E-state index is 9.86. The Morgan fingerprint density at radius 1 is 1.08 bits per heavy atom. The monoisotopic (exact) mass is 354 g/mol. The number of thiazole rings is 1. The number of phenols is 2. The molecule has 4 aliphatic rings. The van der Waals surface area contributed by atoms with Gasteiger partial charge in [-0.25, -0.2) is 9.98 Å². The summed E-state index contributed by atoms with van der Waals surface area (Å²) in [6.07, 6.45) is 9.87. The fraction of sp³-hybridized carbons (Fsp3) is 0.500. The predicted molar refractivity (Wildman–Crippen MR) is 99.0 cm³/mol. The molecule has 4 bridgehead atoms. The maximum absolute atomic E-state index is 9.86. The van der Waals surface area contributed by atoms with Crippen molar-refractivity contribution in [1.29, 1.82) is 0 Å². The molecule has 4 fully saturated rings. The Bertz CT molecular complexity index is 807. The van der Waals surface area contributed by atoms with Crippen LogP contribution in [-0.4, -0.2) is 21.4 Å². The average molecular weight is 354 g/mol. The van der Waals surface area contributed by atoms with Gasteiger partial charge >= 0.3 is 0 Å². The van der Waals surface area contributed by atoms with Gasteiger partial charge in [0.25, 0.3) is 0 Å². The third-order valence-electron chi connectivity index (χ3n) is 6.40. The van der Waals surface area contributed by atoms with Crippen molar-refractivity contribution in [2.45, 2.75) is 43.9 Å². The first kappa shape index (κ1) is 15.4. The quantitative estimate of drug-likeness (QED) is 0.780. The van der Waals surface area contributed by atoms with E-state index in [0.717, 1.165) is 22.9 Å². The largest absolute Gasteiger partial charge is 0.508 e. The second-order valence-corrected chi connectivity index (χ2v) is 9.05. The Morgan fingerprint density at radius 2 is 1.76 bits per heavy atom. The van der Waals surface area contributed by atoms with Crippen molar-refractivity contribution >= 4 is 22.7 Å². The van der Waals surface area contributed by atoms with Crippen LogP contribution in [0, 0.1) is 17.8 Å². The highest BCUT2D eigenvalue weighted by Gasteiger charge is 2.52. The summed E-state index contributed by atoms with van der Waals surface area (Å²) < 4.78 is 0. The number of hydrogen-bond donors (Lipinski definition) is 2. The molecule has 4 saturated carbocycles. The smallest absolute Gasteiger partial charge is 0.209 e. The second kappa shape index (κ2) is 5.56. The van der Waals surface area contributed by atoms with Gasteiger partial charge in [0.05, 0.1) is 5.69 Å². The topological polar surface area (TPSA) is 65.7 Å². The van der Waals surface area contributed by atoms with Gasteiger partial charge in [-0.2, -0.15) is 0 Å². The highest BCUT2D eigenvalue weighted by molar-refractivity contribution is 7.13. The van der Waals surface area contributed by atoms with Crippen molar-refractivity contribution < 1.29 is 10.2 Å². The average Bonchev–Trinajstić information content (AvgIpc) is 3.02. The van der Waals surface area contributed by atoms with E-state index in [0.29, 0.717) is 11.0 Å². The normalized spacial score (nSPS) is 33.4. The minimum atomic E-state index is 0.0293. The summed E-state index contributed by atoms with van der Waals surface area (Å²) in [5.41, 5.74) is 2.14. The number of hydrogen-bond acceptors (Lipinski definition) is 5. The third-order valence-corrected chi connectivity index (χ3v) is 7.15. The van der Waals surface area contributed by atoms with E-state index in [-0.39, 0.29) is 11.5 Å². The van der Waals surface area contributed by atoms with Crippen LogP contribution in [0.15, 0.2) is 28.6 Å². The number of rotatable bonds is 3. The number of nitrogens with zero attached hydrogens (tertiary/aromatic N) is 2. The third kappa shape index (κ3) is 2.65. The molecule has 0 amide bonds. The number of aliphatic imine (C=N–C) groups is 1. The van der Waals surface area contributed by atoms with Crippen LogP contribution in [0.4, 0.5) is 5.13 Å². The summed E-state index contributed by atoms with van der Waals surface area (Å²) in [6.45, 7) is 0. The number of phenolic OH excluding ortho intramolecular Hbond substituents is 2. The maximum Gasteiger partial charge on any atom is 0.209 e. The van der Waals surface area contributed by atoms with Gasteiger partial charge in [-0.3, -0.25) is 0 Å². The molecule has 4 nitrogen and oxygen atoms in total. The van der Waals surface area contributed by atoms with Crippen LogP contribution in [0.3, 0.4) is 0 Å². The van der Waals surface area contributed by atoms with Crippen molar-refractivity contribution in [1.82, 2.24) is 4.98 Å². The van der Waals surface area contributed by atoms with Gasteiger partial charge in [0.2, 0.25) is 5.13 Å². The minimum Gasteiger partial charge on any atom is -0.508 e. The van der Waals surface area contributed by atoms with Crippen molar-refractivity contribution in [3.8, 4) is 11.5 Å². The molecule has 0 atom stereocenters. The Morgan fingerprint density at radius 3 is 2.40 bits per heavy atom. The van der Waals surface area contributed by atoms with Crippen LogP contribution in [0.25, 0.3) is 0 Å².